The van der Waals surface area contributed by atoms with E-state index < -0.39 is 0 Å². The monoisotopic (exact) mass is 280 g/mol. The third-order valence-corrected chi connectivity index (χ3v) is 2.45. The summed E-state index contributed by atoms with van der Waals surface area (Å²) in [6.07, 6.45) is 9.31. The molecule has 0 spiro atoms. The molecule has 0 saturated heterocycles. The molecule has 16 heavy (non-hydrogen) atoms. The fraction of sp³-hybridized carbons (Fsp3) is 0.333. The Labute approximate surface area is 104 Å². The Bertz CT molecular complexity index is 412. The van der Waals surface area contributed by atoms with Crippen molar-refractivity contribution in [3.63, 3.8) is 0 Å². The lowest BCUT2D eigenvalue weighted by Crippen LogP contribution is -2.32. The van der Waals surface area contributed by atoms with Gasteiger partial charge >= 0.3 is 0 Å². The predicted octanol–water partition coefficient (Wildman–Crippen LogP) is 2.33. The van der Waals surface area contributed by atoms with Crippen molar-refractivity contribution in [3.05, 3.63) is 28.5 Å². The summed E-state index contributed by atoms with van der Waals surface area (Å²) in [5.74, 6) is 2.42. The number of nitrogens with zero attached hydrogens (tertiary/aromatic N) is 2. The van der Waals surface area contributed by atoms with Crippen LogP contribution in [0.2, 0.25) is 0 Å². The van der Waals surface area contributed by atoms with Crippen molar-refractivity contribution in [1.29, 1.82) is 0 Å². The fourth-order valence-electron chi connectivity index (χ4n) is 1.34. The fourth-order valence-corrected chi connectivity index (χ4v) is 1.71. The van der Waals surface area contributed by atoms with Crippen molar-refractivity contribution in [2.45, 2.75) is 13.3 Å². The van der Waals surface area contributed by atoms with Crippen LogP contribution in [0.1, 0.15) is 23.7 Å². The second-order valence-corrected chi connectivity index (χ2v) is 4.24. The molecular formula is C12H13BrN2O. The minimum atomic E-state index is -0.0754. The lowest BCUT2D eigenvalue weighted by atomic mass is 10.2. The van der Waals surface area contributed by atoms with Crippen LogP contribution in [0.3, 0.4) is 0 Å². The lowest BCUT2D eigenvalue weighted by molar-refractivity contribution is 0.0776. The van der Waals surface area contributed by atoms with Crippen molar-refractivity contribution in [2.75, 3.05) is 13.1 Å². The van der Waals surface area contributed by atoms with E-state index in [1.165, 1.54) is 0 Å². The predicted molar refractivity (Wildman–Crippen MR) is 67.0 cm³/mol. The van der Waals surface area contributed by atoms with Gasteiger partial charge in [-0.05, 0) is 28.4 Å². The molecule has 0 bridgehead atoms. The number of rotatable bonds is 4. The number of terminal acetylenes is 1. The van der Waals surface area contributed by atoms with Gasteiger partial charge in [0.2, 0.25) is 0 Å². The zero-order valence-corrected chi connectivity index (χ0v) is 10.7. The maximum Gasteiger partial charge on any atom is 0.256 e. The second-order valence-electron chi connectivity index (χ2n) is 3.32. The molecule has 0 saturated carbocycles. The molecule has 0 unspecified atom stereocenters. The van der Waals surface area contributed by atoms with E-state index >= 15 is 0 Å². The van der Waals surface area contributed by atoms with Crippen molar-refractivity contribution in [2.24, 2.45) is 0 Å². The summed E-state index contributed by atoms with van der Waals surface area (Å²) in [4.78, 5) is 17.7. The van der Waals surface area contributed by atoms with E-state index in [2.05, 4.69) is 26.8 Å². The van der Waals surface area contributed by atoms with E-state index in [-0.39, 0.29) is 5.91 Å². The van der Waals surface area contributed by atoms with E-state index in [9.17, 15) is 4.79 Å². The van der Waals surface area contributed by atoms with E-state index in [4.69, 9.17) is 6.42 Å². The quantitative estimate of drug-likeness (QED) is 0.794. The van der Waals surface area contributed by atoms with E-state index in [1.807, 2.05) is 6.92 Å². The largest absolute Gasteiger partial charge is 0.327 e. The van der Waals surface area contributed by atoms with Crippen LogP contribution in [0.5, 0.6) is 0 Å². The SMILES string of the molecule is C#CCN(CCC)C(=O)c1cncc(Br)c1. The molecule has 0 radical (unpaired) electrons. The third-order valence-electron chi connectivity index (χ3n) is 2.01. The smallest absolute Gasteiger partial charge is 0.256 e. The maximum absolute atomic E-state index is 12.0. The number of hydrogen-bond donors (Lipinski definition) is 0. The molecule has 4 heteroatoms. The molecule has 0 aliphatic heterocycles. The topological polar surface area (TPSA) is 33.2 Å². The Morgan fingerprint density at radius 1 is 1.62 bits per heavy atom. The van der Waals surface area contributed by atoms with Crippen LogP contribution in [-0.2, 0) is 0 Å². The molecule has 84 valence electrons. The zero-order chi connectivity index (χ0) is 12.0. The van der Waals surface area contributed by atoms with Crippen molar-refractivity contribution >= 4 is 21.8 Å². The molecule has 0 aliphatic rings. The van der Waals surface area contributed by atoms with Gasteiger partial charge in [-0.2, -0.15) is 0 Å². The molecule has 0 aliphatic carbocycles. The first kappa shape index (κ1) is 12.7. The van der Waals surface area contributed by atoms with Gasteiger partial charge in [0, 0.05) is 23.4 Å². The number of hydrogen-bond acceptors (Lipinski definition) is 2. The molecule has 3 nitrogen and oxygen atoms in total. The number of pyridine rings is 1. The van der Waals surface area contributed by atoms with Gasteiger partial charge in [0.05, 0.1) is 12.1 Å². The summed E-state index contributed by atoms with van der Waals surface area (Å²) in [5, 5.41) is 0. The number of halogens is 1. The number of aromatic nitrogens is 1. The Hall–Kier alpha value is -1.34. The molecule has 0 N–H and O–H groups in total. The molecule has 0 aromatic carbocycles. The summed E-state index contributed by atoms with van der Waals surface area (Å²) in [6.45, 7) is 3.00. The van der Waals surface area contributed by atoms with Crippen LogP contribution < -0.4 is 0 Å². The molecule has 1 aromatic rings. The normalized spacial score (nSPS) is 9.56. The molecule has 1 amide bonds. The van der Waals surface area contributed by atoms with Crippen LogP contribution in [0.25, 0.3) is 0 Å². The molecule has 1 aromatic heterocycles. The summed E-state index contributed by atoms with van der Waals surface area (Å²) in [5.41, 5.74) is 0.554. The van der Waals surface area contributed by atoms with Gasteiger partial charge in [0.15, 0.2) is 0 Å². The zero-order valence-electron chi connectivity index (χ0n) is 9.11. The summed E-state index contributed by atoms with van der Waals surface area (Å²) in [6, 6.07) is 1.74. The highest BCUT2D eigenvalue weighted by atomic mass is 79.9. The molecular weight excluding hydrogens is 268 g/mol. The van der Waals surface area contributed by atoms with Gasteiger partial charge in [-0.25, -0.2) is 0 Å². The molecule has 0 fully saturated rings. The van der Waals surface area contributed by atoms with Gasteiger partial charge in [0.1, 0.15) is 0 Å². The summed E-state index contributed by atoms with van der Waals surface area (Å²) >= 11 is 3.28. The third kappa shape index (κ3) is 3.35. The van der Waals surface area contributed by atoms with Gasteiger partial charge in [-0.3, -0.25) is 9.78 Å². The minimum Gasteiger partial charge on any atom is -0.327 e. The van der Waals surface area contributed by atoms with Gasteiger partial charge < -0.3 is 4.90 Å². The summed E-state index contributed by atoms with van der Waals surface area (Å²) in [7, 11) is 0. The average Bonchev–Trinajstić information content (AvgIpc) is 2.28. The molecule has 0 atom stereocenters. The van der Waals surface area contributed by atoms with Crippen LogP contribution >= 0.6 is 15.9 Å². The van der Waals surface area contributed by atoms with Gasteiger partial charge in [-0.1, -0.05) is 12.8 Å². The van der Waals surface area contributed by atoms with Crippen molar-refractivity contribution in [3.8, 4) is 12.3 Å². The van der Waals surface area contributed by atoms with E-state index in [1.54, 1.807) is 23.4 Å². The maximum atomic E-state index is 12.0. The van der Waals surface area contributed by atoms with Crippen LogP contribution in [0.4, 0.5) is 0 Å². The van der Waals surface area contributed by atoms with Crippen molar-refractivity contribution < 1.29 is 4.79 Å². The highest BCUT2D eigenvalue weighted by molar-refractivity contribution is 9.10. The highest BCUT2D eigenvalue weighted by Gasteiger charge is 2.14. The first-order valence-electron chi connectivity index (χ1n) is 5.02. The average molecular weight is 281 g/mol. The lowest BCUT2D eigenvalue weighted by Gasteiger charge is -2.19. The van der Waals surface area contributed by atoms with Gasteiger partial charge in [-0.15, -0.1) is 6.42 Å². The Morgan fingerprint density at radius 3 is 2.94 bits per heavy atom. The van der Waals surface area contributed by atoms with Crippen LogP contribution in [-0.4, -0.2) is 28.9 Å². The first-order valence-corrected chi connectivity index (χ1v) is 5.81. The standard InChI is InChI=1S/C12H13BrN2O/c1-3-5-15(6-4-2)12(16)10-7-11(13)9-14-8-10/h1,7-9H,4-6H2,2H3. The van der Waals surface area contributed by atoms with Crippen LogP contribution in [0, 0.1) is 12.3 Å². The van der Waals surface area contributed by atoms with E-state index in [0.29, 0.717) is 18.7 Å². The summed E-state index contributed by atoms with van der Waals surface area (Å²) < 4.78 is 0.788. The molecule has 1 rings (SSSR count). The van der Waals surface area contributed by atoms with E-state index in [0.717, 1.165) is 10.9 Å². The Balaban J connectivity index is 2.86. The minimum absolute atomic E-state index is 0.0754. The number of carbonyl (C=O) groups is 1. The first-order chi connectivity index (χ1) is 7.69. The van der Waals surface area contributed by atoms with Crippen molar-refractivity contribution in [1.82, 2.24) is 9.88 Å². The Morgan fingerprint density at radius 2 is 2.38 bits per heavy atom. The van der Waals surface area contributed by atoms with Gasteiger partial charge in [0.25, 0.3) is 5.91 Å². The van der Waals surface area contributed by atoms with Crippen LogP contribution in [0.15, 0.2) is 22.9 Å². The Kier molecular flexibility index (Phi) is 5.00. The highest BCUT2D eigenvalue weighted by Crippen LogP contribution is 2.11. The second kappa shape index (κ2) is 6.29. The number of amides is 1. The number of carbonyl (C=O) groups excluding carboxylic acids is 1. The molecule has 1 heterocycles.